The van der Waals surface area contributed by atoms with E-state index in [-0.39, 0.29) is 0 Å². The van der Waals surface area contributed by atoms with Crippen molar-refractivity contribution in [3.63, 3.8) is 0 Å². The van der Waals surface area contributed by atoms with E-state index >= 15 is 0 Å². The van der Waals surface area contributed by atoms with Crippen LogP contribution in [0.1, 0.15) is 17.3 Å². The van der Waals surface area contributed by atoms with Gasteiger partial charge in [0.15, 0.2) is 11.8 Å². The van der Waals surface area contributed by atoms with E-state index in [2.05, 4.69) is 52.0 Å². The van der Waals surface area contributed by atoms with Gasteiger partial charge in [0.1, 0.15) is 5.82 Å². The molecule has 2 aromatic heterocycles. The van der Waals surface area contributed by atoms with E-state index in [0.29, 0.717) is 6.54 Å². The minimum absolute atomic E-state index is 0.588. The van der Waals surface area contributed by atoms with E-state index in [1.807, 2.05) is 38.8 Å². The van der Waals surface area contributed by atoms with Gasteiger partial charge >= 0.3 is 0 Å². The van der Waals surface area contributed by atoms with Crippen LogP contribution in [0.2, 0.25) is 0 Å². The molecule has 7 nitrogen and oxygen atoms in total. The van der Waals surface area contributed by atoms with Gasteiger partial charge in [-0.25, -0.2) is 0 Å². The molecule has 0 aromatic carbocycles. The lowest BCUT2D eigenvalue weighted by atomic mass is 10.4. The van der Waals surface area contributed by atoms with Crippen LogP contribution in [0.3, 0.4) is 0 Å². The van der Waals surface area contributed by atoms with Gasteiger partial charge < -0.3 is 19.4 Å². The maximum absolute atomic E-state index is 4.33. The van der Waals surface area contributed by atoms with Gasteiger partial charge in [-0.3, -0.25) is 4.99 Å². The first-order valence-electron chi connectivity index (χ1n) is 6.99. The fraction of sp³-hybridized carbons (Fsp3) is 0.500. The summed E-state index contributed by atoms with van der Waals surface area (Å²) >= 11 is 3.50. The molecule has 1 N–H and O–H groups in total. The number of hydrogen-bond donors (Lipinski definition) is 1. The lowest BCUT2D eigenvalue weighted by Crippen LogP contribution is -2.38. The topological polar surface area (TPSA) is 63.3 Å². The first kappa shape index (κ1) is 16.5. The van der Waals surface area contributed by atoms with Crippen molar-refractivity contribution in [1.29, 1.82) is 0 Å². The molecule has 0 unspecified atom stereocenters. The van der Waals surface area contributed by atoms with Gasteiger partial charge in [0.25, 0.3) is 0 Å². The Morgan fingerprint density at radius 2 is 2.14 bits per heavy atom. The molecule has 0 aliphatic carbocycles. The van der Waals surface area contributed by atoms with Crippen LogP contribution in [-0.2, 0) is 27.2 Å². The summed E-state index contributed by atoms with van der Waals surface area (Å²) in [6, 6.07) is 2.11. The molecule has 0 saturated heterocycles. The largest absolute Gasteiger partial charge is 0.352 e. The SMILES string of the molecule is CN=C(NCc1nnc(C)n1C)N(C)Cc1cc(Br)cn1C. The van der Waals surface area contributed by atoms with Gasteiger partial charge in [0.05, 0.1) is 13.1 Å². The molecule has 0 spiro atoms. The number of rotatable bonds is 4. The summed E-state index contributed by atoms with van der Waals surface area (Å²) in [6.45, 7) is 3.29. The number of hydrogen-bond acceptors (Lipinski definition) is 3. The Balaban J connectivity index is 1.99. The van der Waals surface area contributed by atoms with Crippen molar-refractivity contribution in [2.75, 3.05) is 14.1 Å². The lowest BCUT2D eigenvalue weighted by molar-refractivity contribution is 0.460. The van der Waals surface area contributed by atoms with Crippen LogP contribution in [0.4, 0.5) is 0 Å². The summed E-state index contributed by atoms with van der Waals surface area (Å²) in [4.78, 5) is 6.40. The second kappa shape index (κ2) is 6.95. The molecule has 0 fully saturated rings. The first-order valence-corrected chi connectivity index (χ1v) is 7.79. The Labute approximate surface area is 139 Å². The van der Waals surface area contributed by atoms with Gasteiger partial charge in [-0.05, 0) is 28.9 Å². The van der Waals surface area contributed by atoms with Gasteiger partial charge in [-0.15, -0.1) is 10.2 Å². The van der Waals surface area contributed by atoms with Crippen molar-refractivity contribution in [1.82, 2.24) is 29.5 Å². The number of nitrogens with one attached hydrogen (secondary N) is 1. The Bertz CT molecular complexity index is 671. The van der Waals surface area contributed by atoms with Crippen molar-refractivity contribution in [3.8, 4) is 0 Å². The van der Waals surface area contributed by atoms with E-state index in [4.69, 9.17) is 0 Å². The fourth-order valence-electron chi connectivity index (χ4n) is 2.19. The smallest absolute Gasteiger partial charge is 0.194 e. The van der Waals surface area contributed by atoms with Crippen LogP contribution < -0.4 is 5.32 Å². The second-order valence-electron chi connectivity index (χ2n) is 5.24. The Kier molecular flexibility index (Phi) is 5.23. The Hall–Kier alpha value is -1.83. The number of aryl methyl sites for hydroxylation is 2. The molecule has 120 valence electrons. The molecule has 0 aliphatic heterocycles. The molecule has 2 heterocycles. The van der Waals surface area contributed by atoms with E-state index < -0.39 is 0 Å². The highest BCUT2D eigenvalue weighted by molar-refractivity contribution is 9.10. The molecule has 8 heteroatoms. The number of nitrogens with zero attached hydrogens (tertiary/aromatic N) is 6. The van der Waals surface area contributed by atoms with Crippen molar-refractivity contribution in [3.05, 3.63) is 34.1 Å². The second-order valence-corrected chi connectivity index (χ2v) is 6.16. The average Bonchev–Trinajstić information content (AvgIpc) is 2.95. The summed E-state index contributed by atoms with van der Waals surface area (Å²) in [7, 11) is 7.78. The third kappa shape index (κ3) is 3.68. The molecular weight excluding hydrogens is 346 g/mol. The third-order valence-electron chi connectivity index (χ3n) is 3.63. The van der Waals surface area contributed by atoms with Crippen LogP contribution in [0.5, 0.6) is 0 Å². The minimum atomic E-state index is 0.588. The van der Waals surface area contributed by atoms with E-state index in [1.165, 1.54) is 5.69 Å². The molecule has 22 heavy (non-hydrogen) atoms. The Morgan fingerprint density at radius 3 is 2.64 bits per heavy atom. The predicted octanol–water partition coefficient (Wildman–Crippen LogP) is 1.43. The van der Waals surface area contributed by atoms with Gasteiger partial charge in [0.2, 0.25) is 0 Å². The number of halogens is 1. The van der Waals surface area contributed by atoms with E-state index in [9.17, 15) is 0 Å². The highest BCUT2D eigenvalue weighted by atomic mass is 79.9. The molecule has 0 saturated carbocycles. The van der Waals surface area contributed by atoms with Crippen molar-refractivity contribution >= 4 is 21.9 Å². The molecule has 2 aromatic rings. The van der Waals surface area contributed by atoms with Crippen LogP contribution >= 0.6 is 15.9 Å². The maximum atomic E-state index is 4.33. The van der Waals surface area contributed by atoms with Crippen molar-refractivity contribution in [2.24, 2.45) is 19.1 Å². The monoisotopic (exact) mass is 367 g/mol. The molecule has 0 radical (unpaired) electrons. The van der Waals surface area contributed by atoms with Gasteiger partial charge in [-0.2, -0.15) is 0 Å². The van der Waals surface area contributed by atoms with Crippen LogP contribution in [-0.4, -0.2) is 44.3 Å². The summed E-state index contributed by atoms with van der Waals surface area (Å²) in [6.07, 6.45) is 2.04. The number of aromatic nitrogens is 4. The molecule has 2 rings (SSSR count). The predicted molar refractivity (Wildman–Crippen MR) is 90.5 cm³/mol. The zero-order valence-electron chi connectivity index (χ0n) is 13.6. The molecule has 0 amide bonds. The highest BCUT2D eigenvalue weighted by Crippen LogP contribution is 2.15. The Morgan fingerprint density at radius 1 is 1.41 bits per heavy atom. The molecule has 0 atom stereocenters. The van der Waals surface area contributed by atoms with E-state index in [0.717, 1.165) is 28.6 Å². The summed E-state index contributed by atoms with van der Waals surface area (Å²) in [5.41, 5.74) is 1.20. The number of guanidine groups is 1. The average molecular weight is 368 g/mol. The molecule has 0 bridgehead atoms. The van der Waals surface area contributed by atoms with Gasteiger partial charge in [0, 0.05) is 44.6 Å². The maximum Gasteiger partial charge on any atom is 0.194 e. The highest BCUT2D eigenvalue weighted by Gasteiger charge is 2.11. The van der Waals surface area contributed by atoms with Crippen LogP contribution in [0, 0.1) is 6.92 Å². The minimum Gasteiger partial charge on any atom is -0.352 e. The fourth-order valence-corrected chi connectivity index (χ4v) is 2.76. The molecular formula is C14H22BrN7. The van der Waals surface area contributed by atoms with Crippen molar-refractivity contribution in [2.45, 2.75) is 20.0 Å². The lowest BCUT2D eigenvalue weighted by Gasteiger charge is -2.22. The normalized spacial score (nSPS) is 11.8. The van der Waals surface area contributed by atoms with Crippen LogP contribution in [0.25, 0.3) is 0 Å². The van der Waals surface area contributed by atoms with Gasteiger partial charge in [-0.1, -0.05) is 0 Å². The summed E-state index contributed by atoms with van der Waals surface area (Å²) in [5.74, 6) is 2.60. The van der Waals surface area contributed by atoms with Crippen molar-refractivity contribution < 1.29 is 0 Å². The standard InChI is InChI=1S/C14H22BrN7/c1-10-18-19-13(22(10)5)7-17-14(16-2)21(4)9-12-6-11(15)8-20(12)3/h6,8H,7,9H2,1-5H3,(H,16,17). The summed E-state index contributed by atoms with van der Waals surface area (Å²) < 4.78 is 5.14. The summed E-state index contributed by atoms with van der Waals surface area (Å²) in [5, 5.41) is 11.5. The molecule has 0 aliphatic rings. The van der Waals surface area contributed by atoms with E-state index in [1.54, 1.807) is 7.05 Å². The quantitative estimate of drug-likeness (QED) is 0.655. The third-order valence-corrected chi connectivity index (χ3v) is 4.07. The number of aliphatic imine (C=N–C) groups is 1. The zero-order chi connectivity index (χ0) is 16.3. The van der Waals surface area contributed by atoms with Crippen LogP contribution in [0.15, 0.2) is 21.7 Å². The zero-order valence-corrected chi connectivity index (χ0v) is 15.2. The first-order chi connectivity index (χ1) is 10.4.